The van der Waals surface area contributed by atoms with Crippen molar-refractivity contribution in [2.75, 3.05) is 0 Å². The van der Waals surface area contributed by atoms with Crippen LogP contribution in [0.5, 0.6) is 0 Å². The van der Waals surface area contributed by atoms with Gasteiger partial charge in [0.25, 0.3) is 0 Å². The molecule has 0 nitrogen and oxygen atoms in total. The van der Waals surface area contributed by atoms with Crippen LogP contribution < -0.4 is 0 Å². The van der Waals surface area contributed by atoms with E-state index in [0.717, 1.165) is 6.42 Å². The fraction of sp³-hybridized carbons (Fsp3) is 0.143. The molecular weight excluding hydrogens is 252 g/mol. The van der Waals surface area contributed by atoms with Gasteiger partial charge in [0.15, 0.2) is 0 Å². The van der Waals surface area contributed by atoms with E-state index in [4.69, 9.17) is 0 Å². The molecule has 0 heterocycles. The van der Waals surface area contributed by atoms with Crippen LogP contribution in [0.15, 0.2) is 60.7 Å². The Labute approximate surface area is 126 Å². The van der Waals surface area contributed by atoms with Crippen molar-refractivity contribution in [2.45, 2.75) is 20.3 Å². The molecule has 0 saturated carbocycles. The van der Waals surface area contributed by atoms with Gasteiger partial charge in [-0.3, -0.25) is 0 Å². The van der Waals surface area contributed by atoms with Crippen molar-refractivity contribution in [3.05, 3.63) is 82.9 Å². The highest BCUT2D eigenvalue weighted by Gasteiger charge is 2.22. The molecule has 3 aromatic rings. The Hall–Kier alpha value is -2.34. The Morgan fingerprint density at radius 1 is 0.667 bits per heavy atom. The maximum Gasteiger partial charge on any atom is -0.00130 e. The van der Waals surface area contributed by atoms with Crippen LogP contribution in [-0.2, 0) is 6.42 Å². The third-order valence-electron chi connectivity index (χ3n) is 4.36. The fourth-order valence-corrected chi connectivity index (χ4v) is 3.48. The van der Waals surface area contributed by atoms with Crippen LogP contribution in [0.4, 0.5) is 0 Å². The van der Waals surface area contributed by atoms with Crippen LogP contribution in [0.2, 0.25) is 0 Å². The average molecular weight is 270 g/mol. The number of aryl methyl sites for hydroxylation is 2. The molecule has 1 aliphatic carbocycles. The van der Waals surface area contributed by atoms with Gasteiger partial charge in [-0.1, -0.05) is 71.8 Å². The summed E-state index contributed by atoms with van der Waals surface area (Å²) < 4.78 is 0. The van der Waals surface area contributed by atoms with Gasteiger partial charge in [0.1, 0.15) is 0 Å². The molecule has 0 saturated heterocycles. The summed E-state index contributed by atoms with van der Waals surface area (Å²) in [6.07, 6.45) is 1.06. The van der Waals surface area contributed by atoms with Crippen molar-refractivity contribution >= 4 is 0 Å². The standard InChI is InChI=1S/C21H18/c1-14-8-9-19-17(10-14)13-18-11-15(2)12-20(21(18)19)16-6-4-3-5-7-16/h3-12H,13H2,1-2H3. The summed E-state index contributed by atoms with van der Waals surface area (Å²) in [5, 5.41) is 0. The topological polar surface area (TPSA) is 0 Å². The molecule has 0 radical (unpaired) electrons. The maximum atomic E-state index is 2.34. The second kappa shape index (κ2) is 4.60. The van der Waals surface area contributed by atoms with Crippen molar-refractivity contribution in [3.8, 4) is 22.3 Å². The second-order valence-electron chi connectivity index (χ2n) is 6.05. The summed E-state index contributed by atoms with van der Waals surface area (Å²) in [6, 6.07) is 22.3. The molecule has 3 aromatic carbocycles. The molecule has 1 aliphatic rings. The molecule has 0 bridgehead atoms. The Morgan fingerprint density at radius 2 is 1.43 bits per heavy atom. The van der Waals surface area contributed by atoms with Crippen LogP contribution in [-0.4, -0.2) is 0 Å². The Morgan fingerprint density at radius 3 is 2.24 bits per heavy atom. The smallest absolute Gasteiger partial charge is 0.00130 e. The first-order chi connectivity index (χ1) is 10.2. The number of fused-ring (bicyclic) bond motifs is 3. The first kappa shape index (κ1) is 12.4. The molecular formula is C21H18. The molecule has 4 rings (SSSR count). The zero-order valence-electron chi connectivity index (χ0n) is 12.5. The molecule has 0 aromatic heterocycles. The minimum atomic E-state index is 1.06. The van der Waals surface area contributed by atoms with Gasteiger partial charge in [-0.2, -0.15) is 0 Å². The molecule has 0 N–H and O–H groups in total. The van der Waals surface area contributed by atoms with Gasteiger partial charge in [0.2, 0.25) is 0 Å². The summed E-state index contributed by atoms with van der Waals surface area (Å²) in [5.41, 5.74) is 11.1. The summed E-state index contributed by atoms with van der Waals surface area (Å²) >= 11 is 0. The summed E-state index contributed by atoms with van der Waals surface area (Å²) in [5.74, 6) is 0. The Kier molecular flexibility index (Phi) is 2.71. The van der Waals surface area contributed by atoms with Gasteiger partial charge < -0.3 is 0 Å². The van der Waals surface area contributed by atoms with Crippen molar-refractivity contribution in [2.24, 2.45) is 0 Å². The predicted octanol–water partition coefficient (Wildman–Crippen LogP) is 5.54. The van der Waals surface area contributed by atoms with Gasteiger partial charge in [-0.05, 0) is 53.6 Å². The largest absolute Gasteiger partial charge is 0.0622 e. The third-order valence-corrected chi connectivity index (χ3v) is 4.36. The van der Waals surface area contributed by atoms with E-state index in [9.17, 15) is 0 Å². The number of hydrogen-bond acceptors (Lipinski definition) is 0. The van der Waals surface area contributed by atoms with Crippen molar-refractivity contribution in [1.82, 2.24) is 0 Å². The lowest BCUT2D eigenvalue weighted by molar-refractivity contribution is 1.24. The minimum Gasteiger partial charge on any atom is -0.0622 e. The Balaban J connectivity index is 2.01. The van der Waals surface area contributed by atoms with E-state index in [0.29, 0.717) is 0 Å². The van der Waals surface area contributed by atoms with E-state index < -0.39 is 0 Å². The third kappa shape index (κ3) is 1.99. The van der Waals surface area contributed by atoms with Crippen LogP contribution in [0.1, 0.15) is 22.3 Å². The van der Waals surface area contributed by atoms with Crippen LogP contribution in [0.3, 0.4) is 0 Å². The SMILES string of the molecule is Cc1ccc2c(c1)Cc1cc(C)cc(-c3ccccc3)c1-2. The van der Waals surface area contributed by atoms with E-state index in [1.165, 1.54) is 44.5 Å². The van der Waals surface area contributed by atoms with Crippen molar-refractivity contribution in [3.63, 3.8) is 0 Å². The molecule has 21 heavy (non-hydrogen) atoms. The van der Waals surface area contributed by atoms with Gasteiger partial charge in [-0.15, -0.1) is 0 Å². The lowest BCUT2D eigenvalue weighted by Gasteiger charge is -2.12. The van der Waals surface area contributed by atoms with Crippen molar-refractivity contribution < 1.29 is 0 Å². The molecule has 102 valence electrons. The molecule has 0 fully saturated rings. The van der Waals surface area contributed by atoms with E-state index in [1.54, 1.807) is 0 Å². The van der Waals surface area contributed by atoms with E-state index in [-0.39, 0.29) is 0 Å². The van der Waals surface area contributed by atoms with Crippen LogP contribution in [0, 0.1) is 13.8 Å². The highest BCUT2D eigenvalue weighted by Crippen LogP contribution is 2.43. The summed E-state index contributed by atoms with van der Waals surface area (Å²) in [7, 11) is 0. The van der Waals surface area contributed by atoms with Gasteiger partial charge in [-0.25, -0.2) is 0 Å². The highest BCUT2D eigenvalue weighted by atomic mass is 14.3. The molecule has 0 unspecified atom stereocenters. The zero-order chi connectivity index (χ0) is 14.4. The van der Waals surface area contributed by atoms with E-state index in [2.05, 4.69) is 74.5 Å². The molecule has 0 amide bonds. The van der Waals surface area contributed by atoms with Gasteiger partial charge >= 0.3 is 0 Å². The van der Waals surface area contributed by atoms with Gasteiger partial charge in [0.05, 0.1) is 0 Å². The van der Waals surface area contributed by atoms with Crippen LogP contribution >= 0.6 is 0 Å². The van der Waals surface area contributed by atoms with Crippen molar-refractivity contribution in [1.29, 1.82) is 0 Å². The Bertz CT molecular complexity index is 826. The average Bonchev–Trinajstić information content (AvgIpc) is 2.84. The van der Waals surface area contributed by atoms with E-state index >= 15 is 0 Å². The highest BCUT2D eigenvalue weighted by molar-refractivity contribution is 5.90. The first-order valence-corrected chi connectivity index (χ1v) is 7.51. The molecule has 0 spiro atoms. The fourth-order valence-electron chi connectivity index (χ4n) is 3.48. The normalized spacial score (nSPS) is 12.1. The zero-order valence-corrected chi connectivity index (χ0v) is 12.5. The number of hydrogen-bond donors (Lipinski definition) is 0. The molecule has 0 atom stereocenters. The minimum absolute atomic E-state index is 1.06. The maximum absolute atomic E-state index is 2.34. The monoisotopic (exact) mass is 270 g/mol. The lowest BCUT2D eigenvalue weighted by Crippen LogP contribution is -1.88. The van der Waals surface area contributed by atoms with Crippen LogP contribution in [0.25, 0.3) is 22.3 Å². The summed E-state index contributed by atoms with van der Waals surface area (Å²) in [4.78, 5) is 0. The van der Waals surface area contributed by atoms with E-state index in [1.807, 2.05) is 0 Å². The second-order valence-corrected chi connectivity index (χ2v) is 6.05. The number of benzene rings is 3. The first-order valence-electron chi connectivity index (χ1n) is 7.51. The predicted molar refractivity (Wildman–Crippen MR) is 89.6 cm³/mol. The quantitative estimate of drug-likeness (QED) is 0.426. The molecule has 0 heteroatoms. The van der Waals surface area contributed by atoms with Gasteiger partial charge in [0, 0.05) is 0 Å². The summed E-state index contributed by atoms with van der Waals surface area (Å²) in [6.45, 7) is 4.37. The lowest BCUT2D eigenvalue weighted by atomic mass is 9.92. The molecule has 0 aliphatic heterocycles. The number of rotatable bonds is 1.